The minimum atomic E-state index is 0.862. The second kappa shape index (κ2) is 5.10. The number of benzene rings is 1. The molecule has 0 amide bonds. The molecule has 90 valence electrons. The average molecular weight is 264 g/mol. The number of hydrogen-bond acceptors (Lipinski definition) is 4. The van der Waals surface area contributed by atoms with Gasteiger partial charge in [-0.15, -0.1) is 23.1 Å². The van der Waals surface area contributed by atoms with Gasteiger partial charge in [0.1, 0.15) is 5.01 Å². The van der Waals surface area contributed by atoms with Crippen molar-refractivity contribution in [1.29, 1.82) is 0 Å². The Bertz CT molecular complexity index is 513. The molecule has 2 rings (SSSR count). The van der Waals surface area contributed by atoms with E-state index in [0.717, 1.165) is 17.1 Å². The molecule has 2 nitrogen and oxygen atoms in total. The molecule has 0 bridgehead atoms. The summed E-state index contributed by atoms with van der Waals surface area (Å²) in [5.41, 5.74) is 9.07. The van der Waals surface area contributed by atoms with Crippen LogP contribution in [0.1, 0.15) is 21.1 Å². The molecule has 0 saturated carbocycles. The lowest BCUT2D eigenvalue weighted by molar-refractivity contribution is 1.16. The van der Waals surface area contributed by atoms with Crippen molar-refractivity contribution < 1.29 is 0 Å². The molecule has 0 radical (unpaired) electrons. The topological polar surface area (TPSA) is 38.9 Å². The van der Waals surface area contributed by atoms with Gasteiger partial charge in [-0.2, -0.15) is 0 Å². The first-order valence-corrected chi connectivity index (χ1v) is 7.29. The van der Waals surface area contributed by atoms with E-state index in [2.05, 4.69) is 31.8 Å². The van der Waals surface area contributed by atoms with Crippen molar-refractivity contribution >= 4 is 28.8 Å². The summed E-state index contributed by atoms with van der Waals surface area (Å²) in [6.45, 7) is 6.24. The summed E-state index contributed by atoms with van der Waals surface area (Å²) in [5, 5.41) is 1.19. The van der Waals surface area contributed by atoms with Crippen molar-refractivity contribution in [3.63, 3.8) is 0 Å². The van der Waals surface area contributed by atoms with Gasteiger partial charge in [0.15, 0.2) is 0 Å². The minimum absolute atomic E-state index is 0.862. The van der Waals surface area contributed by atoms with Gasteiger partial charge >= 0.3 is 0 Å². The van der Waals surface area contributed by atoms with Crippen LogP contribution in [0.3, 0.4) is 0 Å². The standard InChI is InChI=1S/C13H16N2S2/c1-8-11(14)5-4-6-12(8)16-7-13-15-9(2)10(3)17-13/h4-6H,7,14H2,1-3H3. The summed E-state index contributed by atoms with van der Waals surface area (Å²) in [5.74, 6) is 0.920. The quantitative estimate of drug-likeness (QED) is 0.674. The third-order valence-corrected chi connectivity index (χ3v) is 5.18. The summed E-state index contributed by atoms with van der Waals surface area (Å²) < 4.78 is 0. The average Bonchev–Trinajstić information content (AvgIpc) is 2.61. The maximum absolute atomic E-state index is 5.89. The van der Waals surface area contributed by atoms with Crippen LogP contribution in [0.15, 0.2) is 23.1 Å². The molecular formula is C13H16N2S2. The van der Waals surface area contributed by atoms with Gasteiger partial charge < -0.3 is 5.73 Å². The zero-order valence-corrected chi connectivity index (χ0v) is 11.9. The number of nitrogens with zero attached hydrogens (tertiary/aromatic N) is 1. The fraction of sp³-hybridized carbons (Fsp3) is 0.308. The van der Waals surface area contributed by atoms with E-state index in [4.69, 9.17) is 5.73 Å². The number of rotatable bonds is 3. The molecule has 17 heavy (non-hydrogen) atoms. The number of hydrogen-bond donors (Lipinski definition) is 1. The molecule has 2 aromatic rings. The Kier molecular flexibility index (Phi) is 3.74. The third-order valence-electron chi connectivity index (χ3n) is 2.75. The van der Waals surface area contributed by atoms with Crippen LogP contribution in [0.2, 0.25) is 0 Å². The van der Waals surface area contributed by atoms with Gasteiger partial charge in [0, 0.05) is 15.5 Å². The van der Waals surface area contributed by atoms with Crippen LogP contribution in [0.25, 0.3) is 0 Å². The highest BCUT2D eigenvalue weighted by molar-refractivity contribution is 7.98. The van der Waals surface area contributed by atoms with Gasteiger partial charge in [0.2, 0.25) is 0 Å². The first-order chi connectivity index (χ1) is 8.08. The molecule has 0 aliphatic rings. The van der Waals surface area contributed by atoms with E-state index >= 15 is 0 Å². The highest BCUT2D eigenvalue weighted by Crippen LogP contribution is 2.30. The van der Waals surface area contributed by atoms with Crippen LogP contribution < -0.4 is 5.73 Å². The molecule has 0 fully saturated rings. The van der Waals surface area contributed by atoms with Gasteiger partial charge in [0.25, 0.3) is 0 Å². The molecule has 0 atom stereocenters. The molecule has 0 spiro atoms. The molecule has 1 heterocycles. The monoisotopic (exact) mass is 264 g/mol. The Balaban J connectivity index is 2.10. The SMILES string of the molecule is Cc1nc(CSc2cccc(N)c2C)sc1C. The second-order valence-electron chi connectivity index (χ2n) is 4.01. The molecular weight excluding hydrogens is 248 g/mol. The van der Waals surface area contributed by atoms with Crippen molar-refractivity contribution in [2.24, 2.45) is 0 Å². The first kappa shape index (κ1) is 12.5. The Labute approximate surface area is 110 Å². The molecule has 0 aliphatic heterocycles. The largest absolute Gasteiger partial charge is 0.398 e. The van der Waals surface area contributed by atoms with Gasteiger partial charge in [-0.3, -0.25) is 0 Å². The Morgan fingerprint density at radius 3 is 2.71 bits per heavy atom. The number of thiazole rings is 1. The maximum atomic E-state index is 5.89. The number of nitrogens with two attached hydrogens (primary N) is 1. The summed E-state index contributed by atoms with van der Waals surface area (Å²) in [4.78, 5) is 7.10. The molecule has 0 unspecified atom stereocenters. The number of aromatic nitrogens is 1. The molecule has 4 heteroatoms. The zero-order valence-electron chi connectivity index (χ0n) is 10.3. The lowest BCUT2D eigenvalue weighted by Gasteiger charge is -2.06. The van der Waals surface area contributed by atoms with E-state index < -0.39 is 0 Å². The van der Waals surface area contributed by atoms with E-state index in [0.29, 0.717) is 0 Å². The minimum Gasteiger partial charge on any atom is -0.398 e. The van der Waals surface area contributed by atoms with Gasteiger partial charge in [-0.25, -0.2) is 4.98 Å². The first-order valence-electron chi connectivity index (χ1n) is 5.48. The van der Waals surface area contributed by atoms with Crippen molar-refractivity contribution in [3.05, 3.63) is 39.3 Å². The maximum Gasteiger partial charge on any atom is 0.103 e. The van der Waals surface area contributed by atoms with Crippen molar-refractivity contribution in [2.45, 2.75) is 31.4 Å². The van der Waals surface area contributed by atoms with Crippen LogP contribution in [-0.2, 0) is 5.75 Å². The molecule has 2 N–H and O–H groups in total. The van der Waals surface area contributed by atoms with Gasteiger partial charge in [-0.1, -0.05) is 6.07 Å². The predicted molar refractivity (Wildman–Crippen MR) is 76.7 cm³/mol. The Hall–Kier alpha value is -1.000. The third kappa shape index (κ3) is 2.82. The summed E-state index contributed by atoms with van der Waals surface area (Å²) in [6, 6.07) is 6.06. The molecule has 1 aromatic heterocycles. The van der Waals surface area contributed by atoms with E-state index in [1.54, 1.807) is 23.1 Å². The number of anilines is 1. The van der Waals surface area contributed by atoms with Crippen molar-refractivity contribution in [2.75, 3.05) is 5.73 Å². The summed E-state index contributed by atoms with van der Waals surface area (Å²) in [6.07, 6.45) is 0. The smallest absolute Gasteiger partial charge is 0.103 e. The summed E-state index contributed by atoms with van der Waals surface area (Å²) in [7, 11) is 0. The number of nitrogen functional groups attached to an aromatic ring is 1. The lowest BCUT2D eigenvalue weighted by Crippen LogP contribution is -1.91. The van der Waals surface area contributed by atoms with E-state index in [9.17, 15) is 0 Å². The van der Waals surface area contributed by atoms with Gasteiger partial charge in [-0.05, 0) is 38.5 Å². The fourth-order valence-electron chi connectivity index (χ4n) is 1.53. The van der Waals surface area contributed by atoms with Crippen LogP contribution in [0, 0.1) is 20.8 Å². The van der Waals surface area contributed by atoms with E-state index in [-0.39, 0.29) is 0 Å². The Morgan fingerprint density at radius 2 is 2.06 bits per heavy atom. The summed E-state index contributed by atoms with van der Waals surface area (Å²) >= 11 is 3.58. The second-order valence-corrected chi connectivity index (χ2v) is 6.31. The van der Waals surface area contributed by atoms with Crippen molar-refractivity contribution in [3.8, 4) is 0 Å². The molecule has 0 aliphatic carbocycles. The van der Waals surface area contributed by atoms with Crippen LogP contribution in [0.5, 0.6) is 0 Å². The normalized spacial score (nSPS) is 10.8. The number of aryl methyl sites for hydroxylation is 2. The Morgan fingerprint density at radius 1 is 1.29 bits per heavy atom. The lowest BCUT2D eigenvalue weighted by atomic mass is 10.2. The van der Waals surface area contributed by atoms with Crippen LogP contribution in [-0.4, -0.2) is 4.98 Å². The van der Waals surface area contributed by atoms with Crippen LogP contribution in [0.4, 0.5) is 5.69 Å². The van der Waals surface area contributed by atoms with E-state index in [1.165, 1.54) is 20.3 Å². The van der Waals surface area contributed by atoms with Crippen LogP contribution >= 0.6 is 23.1 Å². The molecule has 0 saturated heterocycles. The molecule has 1 aromatic carbocycles. The van der Waals surface area contributed by atoms with Crippen molar-refractivity contribution in [1.82, 2.24) is 4.98 Å². The fourth-order valence-corrected chi connectivity index (χ4v) is 3.52. The highest BCUT2D eigenvalue weighted by Gasteiger charge is 2.06. The zero-order chi connectivity index (χ0) is 12.4. The number of thioether (sulfide) groups is 1. The van der Waals surface area contributed by atoms with E-state index in [1.807, 2.05) is 12.1 Å². The predicted octanol–water partition coefficient (Wildman–Crippen LogP) is 3.94. The van der Waals surface area contributed by atoms with Gasteiger partial charge in [0.05, 0.1) is 11.4 Å². The highest BCUT2D eigenvalue weighted by atomic mass is 32.2.